The highest BCUT2D eigenvalue weighted by Crippen LogP contribution is 2.30. The molecule has 136 valence electrons. The van der Waals surface area contributed by atoms with Crippen molar-refractivity contribution in [3.63, 3.8) is 0 Å². The molecule has 0 radical (unpaired) electrons. The zero-order chi connectivity index (χ0) is 16.9. The van der Waals surface area contributed by atoms with Crippen LogP contribution in [0.3, 0.4) is 0 Å². The van der Waals surface area contributed by atoms with E-state index in [1.165, 1.54) is 11.1 Å². The average molecular weight is 364 g/mol. The van der Waals surface area contributed by atoms with E-state index in [2.05, 4.69) is 17.9 Å². The number of nitrogens with zero attached hydrogens (tertiary/aromatic N) is 1. The van der Waals surface area contributed by atoms with E-state index in [0.717, 1.165) is 50.8 Å². The van der Waals surface area contributed by atoms with Gasteiger partial charge in [0.15, 0.2) is 0 Å². The molecule has 0 bridgehead atoms. The Labute approximate surface area is 156 Å². The molecule has 3 rings (SSSR count). The smallest absolute Gasteiger partial charge is 0.123 e. The highest BCUT2D eigenvalue weighted by molar-refractivity contribution is 5.85. The second-order valence-electron chi connectivity index (χ2n) is 6.72. The van der Waals surface area contributed by atoms with Crippen LogP contribution in [0.5, 0.6) is 5.75 Å². The van der Waals surface area contributed by atoms with Crippen molar-refractivity contribution in [2.24, 2.45) is 0 Å². The molecule has 0 aromatic heterocycles. The number of halogens is 2. The molecule has 4 heteroatoms. The van der Waals surface area contributed by atoms with E-state index < -0.39 is 0 Å². The zero-order valence-electron chi connectivity index (χ0n) is 14.7. The normalized spacial score (nSPS) is 16.4. The third kappa shape index (κ3) is 4.96. The van der Waals surface area contributed by atoms with Crippen molar-refractivity contribution in [2.45, 2.75) is 45.1 Å². The van der Waals surface area contributed by atoms with Gasteiger partial charge in [-0.2, -0.15) is 0 Å². The first-order chi connectivity index (χ1) is 11.7. The van der Waals surface area contributed by atoms with E-state index in [1.807, 2.05) is 18.2 Å². The van der Waals surface area contributed by atoms with Crippen LogP contribution in [0, 0.1) is 5.82 Å². The summed E-state index contributed by atoms with van der Waals surface area (Å²) in [6.45, 7) is 4.30. The molecule has 2 aromatic rings. The number of phenols is 1. The van der Waals surface area contributed by atoms with Crippen molar-refractivity contribution in [1.29, 1.82) is 0 Å². The van der Waals surface area contributed by atoms with Gasteiger partial charge in [0.1, 0.15) is 11.6 Å². The summed E-state index contributed by atoms with van der Waals surface area (Å²) in [6.07, 6.45) is 5.13. The van der Waals surface area contributed by atoms with Crippen LogP contribution < -0.4 is 0 Å². The number of phenolic OH excluding ortho intramolecular Hbond substituents is 1. The second kappa shape index (κ2) is 9.21. The summed E-state index contributed by atoms with van der Waals surface area (Å²) in [5, 5.41) is 10.0. The van der Waals surface area contributed by atoms with Crippen LogP contribution in [-0.4, -0.2) is 29.1 Å². The summed E-state index contributed by atoms with van der Waals surface area (Å²) in [4.78, 5) is 2.57. The Bertz CT molecular complexity index is 674. The molecule has 1 aliphatic carbocycles. The first-order valence-corrected chi connectivity index (χ1v) is 8.95. The minimum absolute atomic E-state index is 0. The maximum absolute atomic E-state index is 13.0. The number of fused-ring (bicyclic) bond motifs is 1. The first kappa shape index (κ1) is 19.7. The molecule has 1 N–H and O–H groups in total. The fourth-order valence-corrected chi connectivity index (χ4v) is 3.77. The predicted octanol–water partition coefficient (Wildman–Crippen LogP) is 4.77. The molecule has 0 fully saturated rings. The largest absolute Gasteiger partial charge is 0.508 e. The van der Waals surface area contributed by atoms with Crippen molar-refractivity contribution in [3.8, 4) is 5.75 Å². The topological polar surface area (TPSA) is 23.5 Å². The van der Waals surface area contributed by atoms with Gasteiger partial charge >= 0.3 is 0 Å². The summed E-state index contributed by atoms with van der Waals surface area (Å²) in [7, 11) is 0. The van der Waals surface area contributed by atoms with Crippen LogP contribution in [-0.2, 0) is 19.3 Å². The van der Waals surface area contributed by atoms with Crippen molar-refractivity contribution in [1.82, 2.24) is 4.90 Å². The Morgan fingerprint density at radius 3 is 2.60 bits per heavy atom. The molecule has 0 unspecified atom stereocenters. The lowest BCUT2D eigenvalue weighted by molar-refractivity contribution is 0.181. The summed E-state index contributed by atoms with van der Waals surface area (Å²) in [6, 6.07) is 13.3. The van der Waals surface area contributed by atoms with Gasteiger partial charge in [-0.25, -0.2) is 4.39 Å². The SMILES string of the molecule is CCCN(CCc1ccc(F)cc1)[C@H]1CCc2c(O)cccc2C1.Cl. The average Bonchev–Trinajstić information content (AvgIpc) is 2.60. The Balaban J connectivity index is 0.00000225. The molecule has 0 saturated heterocycles. The Morgan fingerprint density at radius 2 is 1.88 bits per heavy atom. The van der Waals surface area contributed by atoms with Gasteiger partial charge in [0, 0.05) is 12.6 Å². The predicted molar refractivity (Wildman–Crippen MR) is 103 cm³/mol. The van der Waals surface area contributed by atoms with Crippen LogP contribution >= 0.6 is 12.4 Å². The van der Waals surface area contributed by atoms with Crippen molar-refractivity contribution >= 4 is 12.4 Å². The highest BCUT2D eigenvalue weighted by Gasteiger charge is 2.25. The number of benzene rings is 2. The van der Waals surface area contributed by atoms with Crippen LogP contribution in [0.4, 0.5) is 4.39 Å². The van der Waals surface area contributed by atoms with E-state index in [-0.39, 0.29) is 18.2 Å². The van der Waals surface area contributed by atoms with Crippen LogP contribution in [0.25, 0.3) is 0 Å². The van der Waals surface area contributed by atoms with Crippen molar-refractivity contribution in [2.75, 3.05) is 13.1 Å². The summed E-state index contributed by atoms with van der Waals surface area (Å²) < 4.78 is 13.0. The van der Waals surface area contributed by atoms with Gasteiger partial charge in [-0.15, -0.1) is 12.4 Å². The number of hydrogen-bond donors (Lipinski definition) is 1. The quantitative estimate of drug-likeness (QED) is 0.799. The number of hydrogen-bond acceptors (Lipinski definition) is 2. The van der Waals surface area contributed by atoms with Gasteiger partial charge in [-0.05, 0) is 73.5 Å². The lowest BCUT2D eigenvalue weighted by atomic mass is 9.86. The molecule has 25 heavy (non-hydrogen) atoms. The lowest BCUT2D eigenvalue weighted by Gasteiger charge is -2.35. The monoisotopic (exact) mass is 363 g/mol. The number of aromatic hydroxyl groups is 1. The van der Waals surface area contributed by atoms with Crippen LogP contribution in [0.2, 0.25) is 0 Å². The minimum atomic E-state index is -0.173. The fraction of sp³-hybridized carbons (Fsp3) is 0.429. The lowest BCUT2D eigenvalue weighted by Crippen LogP contribution is -2.41. The Hall–Kier alpha value is -1.58. The van der Waals surface area contributed by atoms with Gasteiger partial charge in [-0.1, -0.05) is 31.2 Å². The molecule has 1 atom stereocenters. The molecule has 1 aliphatic rings. The molecule has 0 heterocycles. The van der Waals surface area contributed by atoms with Crippen molar-refractivity contribution in [3.05, 3.63) is 65.0 Å². The van der Waals surface area contributed by atoms with Crippen molar-refractivity contribution < 1.29 is 9.50 Å². The standard InChI is InChI=1S/C21H26FNO.ClH/c1-2-13-23(14-12-16-6-8-18(22)9-7-16)19-10-11-20-17(15-19)4-3-5-21(20)24;/h3-9,19,24H,2,10-15H2,1H3;1H/t19-;/m0./s1. The maximum atomic E-state index is 13.0. The van der Waals surface area contributed by atoms with Gasteiger partial charge < -0.3 is 5.11 Å². The maximum Gasteiger partial charge on any atom is 0.123 e. The zero-order valence-corrected chi connectivity index (χ0v) is 15.6. The number of rotatable bonds is 6. The molecule has 0 spiro atoms. The third-order valence-electron chi connectivity index (χ3n) is 5.06. The van der Waals surface area contributed by atoms with Gasteiger partial charge in [0.25, 0.3) is 0 Å². The molecule has 0 amide bonds. The van der Waals surface area contributed by atoms with Gasteiger partial charge in [-0.3, -0.25) is 4.90 Å². The van der Waals surface area contributed by atoms with Crippen LogP contribution in [0.1, 0.15) is 36.5 Å². The second-order valence-corrected chi connectivity index (χ2v) is 6.72. The third-order valence-corrected chi connectivity index (χ3v) is 5.06. The molecule has 2 nitrogen and oxygen atoms in total. The molecular weight excluding hydrogens is 337 g/mol. The summed E-state index contributed by atoms with van der Waals surface area (Å²) >= 11 is 0. The summed E-state index contributed by atoms with van der Waals surface area (Å²) in [5.41, 5.74) is 3.60. The van der Waals surface area contributed by atoms with E-state index in [0.29, 0.717) is 11.8 Å². The van der Waals surface area contributed by atoms with E-state index in [9.17, 15) is 9.50 Å². The van der Waals surface area contributed by atoms with E-state index in [4.69, 9.17) is 0 Å². The van der Waals surface area contributed by atoms with Crippen LogP contribution in [0.15, 0.2) is 42.5 Å². The minimum Gasteiger partial charge on any atom is -0.508 e. The Morgan fingerprint density at radius 1 is 1.12 bits per heavy atom. The van der Waals surface area contributed by atoms with E-state index >= 15 is 0 Å². The summed E-state index contributed by atoms with van der Waals surface area (Å²) in [5.74, 6) is 0.271. The molecule has 2 aromatic carbocycles. The first-order valence-electron chi connectivity index (χ1n) is 8.95. The molecule has 0 aliphatic heterocycles. The molecular formula is C21H27ClFNO. The van der Waals surface area contributed by atoms with Gasteiger partial charge in [0.05, 0.1) is 0 Å². The Kier molecular flexibility index (Phi) is 7.27. The van der Waals surface area contributed by atoms with E-state index in [1.54, 1.807) is 18.2 Å². The highest BCUT2D eigenvalue weighted by atomic mass is 35.5. The molecule has 0 saturated carbocycles. The van der Waals surface area contributed by atoms with Gasteiger partial charge in [0.2, 0.25) is 0 Å². The fourth-order valence-electron chi connectivity index (χ4n) is 3.77.